The van der Waals surface area contributed by atoms with E-state index < -0.39 is 27.7 Å². The molecule has 0 aliphatic carbocycles. The Hall–Kier alpha value is -2.91. The number of hydrogen-bond donors (Lipinski definition) is 0. The van der Waals surface area contributed by atoms with E-state index in [1.165, 1.54) is 36.7 Å². The number of halogens is 2. The van der Waals surface area contributed by atoms with E-state index in [1.807, 2.05) is 10.8 Å². The van der Waals surface area contributed by atoms with Crippen molar-refractivity contribution in [1.82, 2.24) is 8.87 Å². The third-order valence-corrected chi connectivity index (χ3v) is 7.10. The molecule has 9 heteroatoms. The summed E-state index contributed by atoms with van der Waals surface area (Å²) in [5.74, 6) is -1.50. The second kappa shape index (κ2) is 7.73. The molecule has 1 atom stereocenters. The molecule has 4 rings (SSSR count). The fourth-order valence-corrected chi connectivity index (χ4v) is 5.51. The van der Waals surface area contributed by atoms with Gasteiger partial charge in [0.25, 0.3) is 0 Å². The number of methoxy groups -OCH3 is 2. The molecular weight excluding hydrogens is 414 g/mol. The lowest BCUT2D eigenvalue weighted by atomic mass is 10.0. The van der Waals surface area contributed by atoms with Gasteiger partial charge in [-0.15, -0.1) is 0 Å². The van der Waals surface area contributed by atoms with E-state index in [2.05, 4.69) is 0 Å². The van der Waals surface area contributed by atoms with Crippen molar-refractivity contribution < 1.29 is 26.7 Å². The number of ether oxygens (including phenoxy) is 2. The average Bonchev–Trinajstić information content (AvgIpc) is 3.23. The van der Waals surface area contributed by atoms with Crippen molar-refractivity contribution >= 4 is 10.0 Å². The zero-order chi connectivity index (χ0) is 21.5. The molecule has 0 saturated heterocycles. The molecule has 0 amide bonds. The van der Waals surface area contributed by atoms with Crippen LogP contribution in [0.2, 0.25) is 0 Å². The summed E-state index contributed by atoms with van der Waals surface area (Å²) in [6.45, 7) is 0.571. The minimum Gasteiger partial charge on any atom is -0.497 e. The Balaban J connectivity index is 1.89. The van der Waals surface area contributed by atoms with Crippen molar-refractivity contribution in [2.24, 2.45) is 0 Å². The SMILES string of the molecule is COc1ccc(OC)c(S(=O)(=O)N2CCn3cccc3[C@@H]2c2ccc(F)c(F)c2)c1. The predicted molar refractivity (Wildman–Crippen MR) is 106 cm³/mol. The molecule has 2 aromatic carbocycles. The molecule has 0 radical (unpaired) electrons. The van der Waals surface area contributed by atoms with Gasteiger partial charge in [0.05, 0.1) is 20.3 Å². The summed E-state index contributed by atoms with van der Waals surface area (Å²) in [4.78, 5) is -0.0584. The van der Waals surface area contributed by atoms with Crippen LogP contribution >= 0.6 is 0 Å². The number of aromatic nitrogens is 1. The highest BCUT2D eigenvalue weighted by Crippen LogP contribution is 2.39. The molecule has 6 nitrogen and oxygen atoms in total. The zero-order valence-electron chi connectivity index (χ0n) is 16.4. The molecule has 0 saturated carbocycles. The van der Waals surface area contributed by atoms with Gasteiger partial charge in [-0.25, -0.2) is 17.2 Å². The minimum absolute atomic E-state index is 0.0584. The van der Waals surface area contributed by atoms with E-state index >= 15 is 0 Å². The quantitative estimate of drug-likeness (QED) is 0.616. The summed E-state index contributed by atoms with van der Waals surface area (Å²) in [5, 5.41) is 0. The van der Waals surface area contributed by atoms with E-state index in [-0.39, 0.29) is 17.2 Å². The third-order valence-electron chi connectivity index (χ3n) is 5.21. The van der Waals surface area contributed by atoms with E-state index in [0.717, 1.165) is 12.1 Å². The molecule has 0 fully saturated rings. The summed E-state index contributed by atoms with van der Waals surface area (Å²) in [7, 11) is -1.25. The Kier molecular flexibility index (Phi) is 5.25. The Labute approximate surface area is 173 Å². The van der Waals surface area contributed by atoms with Gasteiger partial charge in [-0.1, -0.05) is 6.07 Å². The molecule has 2 heterocycles. The molecular formula is C21H20F2N2O4S. The molecule has 0 unspecified atom stereocenters. The maximum atomic E-state index is 14.0. The van der Waals surface area contributed by atoms with Crippen LogP contribution in [0.1, 0.15) is 17.3 Å². The molecule has 1 aromatic heterocycles. The van der Waals surface area contributed by atoms with Crippen LogP contribution in [0.3, 0.4) is 0 Å². The van der Waals surface area contributed by atoms with E-state index in [4.69, 9.17) is 9.47 Å². The lowest BCUT2D eigenvalue weighted by Gasteiger charge is -2.36. The van der Waals surface area contributed by atoms with Crippen molar-refractivity contribution in [1.29, 1.82) is 0 Å². The van der Waals surface area contributed by atoms with Crippen molar-refractivity contribution in [3.8, 4) is 11.5 Å². The number of sulfonamides is 1. The van der Waals surface area contributed by atoms with Gasteiger partial charge in [0.2, 0.25) is 10.0 Å². The van der Waals surface area contributed by atoms with Crippen LogP contribution in [-0.2, 0) is 16.6 Å². The Morgan fingerprint density at radius 3 is 2.47 bits per heavy atom. The summed E-state index contributed by atoms with van der Waals surface area (Å²) in [6, 6.07) is 10.7. The number of benzene rings is 2. The van der Waals surface area contributed by atoms with Crippen LogP contribution < -0.4 is 9.47 Å². The number of hydrogen-bond acceptors (Lipinski definition) is 4. The van der Waals surface area contributed by atoms with Gasteiger partial charge in [0, 0.05) is 31.0 Å². The number of fused-ring (bicyclic) bond motifs is 1. The monoisotopic (exact) mass is 434 g/mol. The number of nitrogens with zero attached hydrogens (tertiary/aromatic N) is 2. The highest BCUT2D eigenvalue weighted by Gasteiger charge is 2.39. The fourth-order valence-electron chi connectivity index (χ4n) is 3.75. The van der Waals surface area contributed by atoms with E-state index in [1.54, 1.807) is 18.2 Å². The molecule has 0 N–H and O–H groups in total. The fraction of sp³-hybridized carbons (Fsp3) is 0.238. The predicted octanol–water partition coefficient (Wildman–Crippen LogP) is 3.58. The van der Waals surface area contributed by atoms with Crippen molar-refractivity contribution in [2.45, 2.75) is 17.5 Å². The van der Waals surface area contributed by atoms with Crippen LogP contribution in [-0.4, -0.2) is 38.1 Å². The van der Waals surface area contributed by atoms with Crippen LogP contribution in [0.15, 0.2) is 59.6 Å². The summed E-state index contributed by atoms with van der Waals surface area (Å²) >= 11 is 0. The van der Waals surface area contributed by atoms with Gasteiger partial charge in [-0.3, -0.25) is 0 Å². The van der Waals surface area contributed by atoms with E-state index in [0.29, 0.717) is 23.6 Å². The van der Waals surface area contributed by atoms with Crippen LogP contribution in [0.5, 0.6) is 11.5 Å². The highest BCUT2D eigenvalue weighted by atomic mass is 32.2. The summed E-state index contributed by atoms with van der Waals surface area (Å²) in [5.41, 5.74) is 0.997. The summed E-state index contributed by atoms with van der Waals surface area (Å²) < 4.78 is 68.6. The topological polar surface area (TPSA) is 60.8 Å². The van der Waals surface area contributed by atoms with Gasteiger partial charge in [0.15, 0.2) is 11.6 Å². The minimum atomic E-state index is -4.08. The van der Waals surface area contributed by atoms with Gasteiger partial charge >= 0.3 is 0 Å². The normalized spacial score (nSPS) is 16.9. The molecule has 0 bridgehead atoms. The standard InChI is InChI=1S/C21H20F2N2O4S/c1-28-15-6-8-19(29-2)20(13-15)30(26,27)25-11-10-24-9-3-4-18(24)21(25)14-5-7-16(22)17(23)12-14/h3-9,12-13,21H,10-11H2,1-2H3/t21-/m0/s1. The van der Waals surface area contributed by atoms with Gasteiger partial charge in [-0.2, -0.15) is 4.31 Å². The lowest BCUT2D eigenvalue weighted by molar-refractivity contribution is 0.295. The zero-order valence-corrected chi connectivity index (χ0v) is 17.2. The van der Waals surface area contributed by atoms with Crippen LogP contribution in [0.25, 0.3) is 0 Å². The Morgan fingerprint density at radius 2 is 1.77 bits per heavy atom. The van der Waals surface area contributed by atoms with Crippen LogP contribution in [0, 0.1) is 11.6 Å². The first kappa shape index (κ1) is 20.4. The van der Waals surface area contributed by atoms with Crippen molar-refractivity contribution in [2.75, 3.05) is 20.8 Å². The first-order valence-corrected chi connectivity index (χ1v) is 10.6. The second-order valence-corrected chi connectivity index (χ2v) is 8.69. The van der Waals surface area contributed by atoms with Crippen LogP contribution in [0.4, 0.5) is 8.78 Å². The largest absolute Gasteiger partial charge is 0.497 e. The van der Waals surface area contributed by atoms with Crippen molar-refractivity contribution in [3.05, 3.63) is 77.6 Å². The maximum Gasteiger partial charge on any atom is 0.247 e. The lowest BCUT2D eigenvalue weighted by Crippen LogP contribution is -2.42. The highest BCUT2D eigenvalue weighted by molar-refractivity contribution is 7.89. The molecule has 30 heavy (non-hydrogen) atoms. The second-order valence-electron chi connectivity index (χ2n) is 6.84. The molecule has 1 aliphatic heterocycles. The Bertz CT molecular complexity index is 1190. The smallest absolute Gasteiger partial charge is 0.247 e. The first-order chi connectivity index (χ1) is 14.4. The summed E-state index contributed by atoms with van der Waals surface area (Å²) in [6.07, 6.45) is 1.83. The van der Waals surface area contributed by atoms with Gasteiger partial charge in [-0.05, 0) is 42.0 Å². The van der Waals surface area contributed by atoms with E-state index in [9.17, 15) is 17.2 Å². The Morgan fingerprint density at radius 1 is 0.967 bits per heavy atom. The van der Waals surface area contributed by atoms with Gasteiger partial charge in [0.1, 0.15) is 16.4 Å². The van der Waals surface area contributed by atoms with Crippen molar-refractivity contribution in [3.63, 3.8) is 0 Å². The number of rotatable bonds is 5. The van der Waals surface area contributed by atoms with Gasteiger partial charge < -0.3 is 14.0 Å². The third kappa shape index (κ3) is 3.33. The first-order valence-electron chi connectivity index (χ1n) is 9.20. The molecule has 1 aliphatic rings. The average molecular weight is 434 g/mol. The molecule has 3 aromatic rings. The molecule has 158 valence electrons. The maximum absolute atomic E-state index is 14.0. The molecule has 0 spiro atoms.